The van der Waals surface area contributed by atoms with E-state index in [4.69, 9.17) is 0 Å². The molecule has 7 heteroatoms. The van der Waals surface area contributed by atoms with Crippen LogP contribution >= 0.6 is 0 Å². The number of rotatable bonds is 3. The zero-order valence-corrected chi connectivity index (χ0v) is 14.8. The molecule has 2 heterocycles. The topological polar surface area (TPSA) is 29.3 Å². The van der Waals surface area contributed by atoms with E-state index in [1.54, 1.807) is 12.1 Å². The van der Waals surface area contributed by atoms with Crippen LogP contribution in [0, 0.1) is 12.7 Å². The van der Waals surface area contributed by atoms with E-state index in [2.05, 4.69) is 10.3 Å². The summed E-state index contributed by atoms with van der Waals surface area (Å²) in [4.78, 5) is 4.36. The molecule has 0 unspecified atom stereocenters. The van der Waals surface area contributed by atoms with E-state index < -0.39 is 17.7 Å². The summed E-state index contributed by atoms with van der Waals surface area (Å²) in [5.41, 5.74) is 0.534. The van der Waals surface area contributed by atoms with Crippen LogP contribution in [-0.4, -0.2) is 15.4 Å². The van der Waals surface area contributed by atoms with E-state index in [1.807, 2.05) is 6.92 Å². The Morgan fingerprint density at radius 3 is 2.56 bits per heavy atom. The Labute approximate surface area is 154 Å². The number of aromatic nitrogens is 2. The predicted octanol–water partition coefficient (Wildman–Crippen LogP) is 5.82. The lowest BCUT2D eigenvalue weighted by Crippen LogP contribution is -2.19. The first-order valence-electron chi connectivity index (χ1n) is 8.96. The number of imidazole rings is 1. The second-order valence-corrected chi connectivity index (χ2v) is 7.02. The summed E-state index contributed by atoms with van der Waals surface area (Å²) >= 11 is 0. The Hall–Kier alpha value is -2.57. The van der Waals surface area contributed by atoms with Gasteiger partial charge in [0.1, 0.15) is 28.7 Å². The fraction of sp³-hybridized carbons (Fsp3) is 0.350. The van der Waals surface area contributed by atoms with E-state index in [0.717, 1.165) is 41.7 Å². The molecule has 3 nitrogen and oxygen atoms in total. The zero-order valence-electron chi connectivity index (χ0n) is 14.8. The van der Waals surface area contributed by atoms with Crippen LogP contribution in [0.4, 0.5) is 23.4 Å². The maximum absolute atomic E-state index is 14.5. The number of benzene rings is 1. The van der Waals surface area contributed by atoms with E-state index in [0.29, 0.717) is 0 Å². The third kappa shape index (κ3) is 3.26. The van der Waals surface area contributed by atoms with Crippen LogP contribution in [-0.2, 0) is 6.18 Å². The first-order valence-corrected chi connectivity index (χ1v) is 8.96. The van der Waals surface area contributed by atoms with Crippen LogP contribution in [0.1, 0.15) is 36.9 Å². The molecule has 27 heavy (non-hydrogen) atoms. The first kappa shape index (κ1) is 17.8. The number of halogens is 4. The maximum Gasteiger partial charge on any atom is 0.431 e. The highest BCUT2D eigenvalue weighted by Crippen LogP contribution is 2.38. The molecule has 1 aliphatic carbocycles. The molecule has 1 fully saturated rings. The summed E-state index contributed by atoms with van der Waals surface area (Å²) in [6.07, 6.45) is -0.758. The van der Waals surface area contributed by atoms with E-state index in [9.17, 15) is 17.6 Å². The third-order valence-electron chi connectivity index (χ3n) is 5.01. The average Bonchev–Trinajstić information content (AvgIpc) is 3.24. The predicted molar refractivity (Wildman–Crippen MR) is 96.2 cm³/mol. The molecular weight excluding hydrogens is 358 g/mol. The molecule has 0 radical (unpaired) electrons. The van der Waals surface area contributed by atoms with Gasteiger partial charge < -0.3 is 5.32 Å². The smallest absolute Gasteiger partial charge is 0.367 e. The summed E-state index contributed by atoms with van der Waals surface area (Å²) in [5.74, 6) is -0.304. The van der Waals surface area contributed by atoms with Crippen molar-refractivity contribution in [2.45, 2.75) is 44.8 Å². The van der Waals surface area contributed by atoms with Crippen molar-refractivity contribution in [1.82, 2.24) is 9.38 Å². The summed E-state index contributed by atoms with van der Waals surface area (Å²) in [6.45, 7) is 1.81. The molecule has 142 valence electrons. The molecule has 0 spiro atoms. The number of hydrogen-bond acceptors (Lipinski definition) is 2. The van der Waals surface area contributed by atoms with Gasteiger partial charge in [0, 0.05) is 11.6 Å². The fourth-order valence-electron chi connectivity index (χ4n) is 3.72. The van der Waals surface area contributed by atoms with Crippen molar-refractivity contribution in [2.24, 2.45) is 0 Å². The number of nitrogens with one attached hydrogen (secondary N) is 1. The van der Waals surface area contributed by atoms with Crippen molar-refractivity contribution in [1.29, 1.82) is 0 Å². The molecule has 0 saturated heterocycles. The summed E-state index contributed by atoms with van der Waals surface area (Å²) in [5, 5.41) is 3.22. The van der Waals surface area contributed by atoms with Crippen LogP contribution in [0.25, 0.3) is 16.9 Å². The van der Waals surface area contributed by atoms with Gasteiger partial charge in [-0.05, 0) is 44.0 Å². The lowest BCUT2D eigenvalue weighted by Gasteiger charge is -2.18. The van der Waals surface area contributed by atoms with Crippen molar-refractivity contribution >= 4 is 11.5 Å². The molecule has 2 aromatic heterocycles. The second kappa shape index (κ2) is 6.55. The second-order valence-electron chi connectivity index (χ2n) is 7.02. The van der Waals surface area contributed by atoms with Crippen molar-refractivity contribution in [3.8, 4) is 11.3 Å². The summed E-state index contributed by atoms with van der Waals surface area (Å²) in [7, 11) is 0. The minimum absolute atomic E-state index is 0.0535. The number of pyridine rings is 1. The van der Waals surface area contributed by atoms with Crippen LogP contribution < -0.4 is 5.32 Å². The minimum atomic E-state index is -4.55. The van der Waals surface area contributed by atoms with Crippen LogP contribution in [0.2, 0.25) is 0 Å². The lowest BCUT2D eigenvalue weighted by molar-refractivity contribution is -0.141. The van der Waals surface area contributed by atoms with Gasteiger partial charge in [-0.25, -0.2) is 9.37 Å². The van der Waals surface area contributed by atoms with E-state index >= 15 is 0 Å². The number of aryl methyl sites for hydroxylation is 1. The van der Waals surface area contributed by atoms with Gasteiger partial charge >= 0.3 is 6.18 Å². The molecule has 1 saturated carbocycles. The van der Waals surface area contributed by atoms with Crippen LogP contribution in [0.5, 0.6) is 0 Å². The number of fused-ring (bicyclic) bond motifs is 1. The quantitative estimate of drug-likeness (QED) is 0.583. The highest BCUT2D eigenvalue weighted by molar-refractivity contribution is 5.78. The fourth-order valence-corrected chi connectivity index (χ4v) is 3.72. The van der Waals surface area contributed by atoms with Crippen LogP contribution in [0.15, 0.2) is 36.4 Å². The number of alkyl halides is 3. The molecule has 0 aliphatic heterocycles. The maximum atomic E-state index is 14.5. The number of anilines is 1. The van der Waals surface area contributed by atoms with Crippen molar-refractivity contribution in [3.05, 3.63) is 53.5 Å². The molecule has 3 aromatic rings. The monoisotopic (exact) mass is 377 g/mol. The van der Waals surface area contributed by atoms with E-state index in [1.165, 1.54) is 18.2 Å². The molecule has 0 amide bonds. The van der Waals surface area contributed by atoms with Gasteiger partial charge in [0.2, 0.25) is 0 Å². The van der Waals surface area contributed by atoms with Gasteiger partial charge in [-0.3, -0.25) is 4.40 Å². The molecular formula is C20H19F4N3. The Morgan fingerprint density at radius 1 is 1.11 bits per heavy atom. The number of hydrogen-bond donors (Lipinski definition) is 1. The van der Waals surface area contributed by atoms with Gasteiger partial charge in [-0.1, -0.05) is 30.5 Å². The summed E-state index contributed by atoms with van der Waals surface area (Å²) < 4.78 is 56.4. The Kier molecular flexibility index (Phi) is 4.32. The first-order chi connectivity index (χ1) is 12.8. The Bertz CT molecular complexity index is 985. The van der Waals surface area contributed by atoms with Gasteiger partial charge in [0.05, 0.1) is 0 Å². The highest BCUT2D eigenvalue weighted by Gasteiger charge is 2.35. The summed E-state index contributed by atoms with van der Waals surface area (Å²) in [6, 6.07) is 8.46. The van der Waals surface area contributed by atoms with Gasteiger partial charge in [-0.15, -0.1) is 0 Å². The average molecular weight is 377 g/mol. The Balaban J connectivity index is 1.99. The van der Waals surface area contributed by atoms with Crippen molar-refractivity contribution in [2.75, 3.05) is 5.32 Å². The largest absolute Gasteiger partial charge is 0.431 e. The number of nitrogens with zero attached hydrogens (tertiary/aromatic N) is 2. The highest BCUT2D eigenvalue weighted by atomic mass is 19.4. The zero-order chi connectivity index (χ0) is 19.2. The van der Waals surface area contributed by atoms with Crippen molar-refractivity contribution < 1.29 is 17.6 Å². The lowest BCUT2D eigenvalue weighted by atomic mass is 10.1. The molecule has 1 N–H and O–H groups in total. The molecule has 1 aliphatic rings. The van der Waals surface area contributed by atoms with Crippen LogP contribution in [0.3, 0.4) is 0 Å². The third-order valence-corrected chi connectivity index (χ3v) is 5.01. The molecule has 1 aromatic carbocycles. The van der Waals surface area contributed by atoms with Gasteiger partial charge in [0.25, 0.3) is 0 Å². The van der Waals surface area contributed by atoms with Gasteiger partial charge in [-0.2, -0.15) is 13.2 Å². The molecule has 0 atom stereocenters. The molecule has 4 rings (SSSR count). The normalized spacial score (nSPS) is 15.6. The minimum Gasteiger partial charge on any atom is -0.367 e. The standard InChI is InChI=1S/C20H19F4N3/c1-12-9-10-15(21)14(11-12)18-19(25-13-5-2-3-6-13)27-16(20(22,23)24)7-4-8-17(27)26-18/h4,7-11,13,25H,2-3,5-6H2,1H3. The van der Waals surface area contributed by atoms with Gasteiger partial charge in [0.15, 0.2) is 0 Å². The molecule has 0 bridgehead atoms. The van der Waals surface area contributed by atoms with Crippen molar-refractivity contribution in [3.63, 3.8) is 0 Å². The SMILES string of the molecule is Cc1ccc(F)c(-c2nc3cccc(C(F)(F)F)n3c2NC2CCCC2)c1. The Morgan fingerprint density at radius 2 is 1.85 bits per heavy atom. The van der Waals surface area contributed by atoms with E-state index in [-0.39, 0.29) is 28.8 Å².